The van der Waals surface area contributed by atoms with E-state index in [1.807, 2.05) is 12.1 Å². The van der Waals surface area contributed by atoms with Gasteiger partial charge in [-0.3, -0.25) is 10.2 Å². The van der Waals surface area contributed by atoms with Crippen molar-refractivity contribution in [3.05, 3.63) is 29.8 Å². The van der Waals surface area contributed by atoms with E-state index in [1.54, 1.807) is 0 Å². The van der Waals surface area contributed by atoms with Crippen LogP contribution in [0.4, 0.5) is 0 Å². The van der Waals surface area contributed by atoms with E-state index in [0.29, 0.717) is 18.9 Å². The second kappa shape index (κ2) is 6.72. The summed E-state index contributed by atoms with van der Waals surface area (Å²) >= 11 is 0. The van der Waals surface area contributed by atoms with Crippen LogP contribution in [0.3, 0.4) is 0 Å². The number of carbonyl (C=O) groups is 1. The van der Waals surface area contributed by atoms with Crippen LogP contribution in [0.25, 0.3) is 0 Å². The Labute approximate surface area is 119 Å². The summed E-state index contributed by atoms with van der Waals surface area (Å²) in [6, 6.07) is 8.07. The zero-order valence-corrected chi connectivity index (χ0v) is 12.0. The van der Waals surface area contributed by atoms with Gasteiger partial charge in [-0.15, -0.1) is 0 Å². The molecule has 0 aliphatic carbocycles. The zero-order valence-electron chi connectivity index (χ0n) is 12.0. The van der Waals surface area contributed by atoms with Crippen molar-refractivity contribution >= 4 is 5.91 Å². The molecule has 0 aromatic heterocycles. The highest BCUT2D eigenvalue weighted by molar-refractivity contribution is 5.80. The van der Waals surface area contributed by atoms with Gasteiger partial charge in [-0.1, -0.05) is 26.0 Å². The predicted molar refractivity (Wildman–Crippen MR) is 76.3 cm³/mol. The molecule has 1 aromatic rings. The Balaban J connectivity index is 1.80. The Morgan fingerprint density at radius 3 is 2.70 bits per heavy atom. The number of ether oxygens (including phenoxy) is 2. The molecule has 5 nitrogen and oxygen atoms in total. The van der Waals surface area contributed by atoms with Crippen molar-refractivity contribution in [2.24, 2.45) is 5.84 Å². The molecule has 20 heavy (non-hydrogen) atoms. The van der Waals surface area contributed by atoms with Gasteiger partial charge in [0, 0.05) is 0 Å². The summed E-state index contributed by atoms with van der Waals surface area (Å²) < 4.78 is 11.3. The highest BCUT2D eigenvalue weighted by atomic mass is 16.5. The summed E-state index contributed by atoms with van der Waals surface area (Å²) in [5.41, 5.74) is 3.40. The van der Waals surface area contributed by atoms with E-state index in [9.17, 15) is 4.79 Å². The quantitative estimate of drug-likeness (QED) is 0.489. The van der Waals surface area contributed by atoms with Gasteiger partial charge in [0.1, 0.15) is 18.5 Å². The Bertz CT molecular complexity index is 445. The fourth-order valence-corrected chi connectivity index (χ4v) is 2.25. The Morgan fingerprint density at radius 1 is 1.40 bits per heavy atom. The van der Waals surface area contributed by atoms with E-state index in [2.05, 4.69) is 31.4 Å². The highest BCUT2D eigenvalue weighted by Gasteiger charge is 2.30. The van der Waals surface area contributed by atoms with Crippen molar-refractivity contribution in [2.45, 2.75) is 44.8 Å². The fraction of sp³-hybridized carbons (Fsp3) is 0.533. The first-order valence-corrected chi connectivity index (χ1v) is 6.99. The molecule has 1 aromatic carbocycles. The van der Waals surface area contributed by atoms with Gasteiger partial charge in [0.15, 0.2) is 0 Å². The molecular weight excluding hydrogens is 256 g/mol. The summed E-state index contributed by atoms with van der Waals surface area (Å²) in [6.45, 7) is 4.77. The number of nitrogens with one attached hydrogen (secondary N) is 1. The van der Waals surface area contributed by atoms with Crippen LogP contribution in [0.15, 0.2) is 24.3 Å². The van der Waals surface area contributed by atoms with E-state index >= 15 is 0 Å². The van der Waals surface area contributed by atoms with Crippen LogP contribution in [0, 0.1) is 0 Å². The van der Waals surface area contributed by atoms with Crippen LogP contribution in [-0.4, -0.2) is 24.7 Å². The molecule has 0 bridgehead atoms. The molecule has 3 N–H and O–H groups in total. The number of hydrazine groups is 1. The molecule has 110 valence electrons. The number of carbonyl (C=O) groups excluding carboxylic acids is 1. The van der Waals surface area contributed by atoms with Crippen LogP contribution < -0.4 is 16.0 Å². The minimum absolute atomic E-state index is 0.0536. The van der Waals surface area contributed by atoms with Crippen LogP contribution in [-0.2, 0) is 9.53 Å². The lowest BCUT2D eigenvalue weighted by molar-refractivity contribution is -0.132. The summed E-state index contributed by atoms with van der Waals surface area (Å²) in [4.78, 5) is 11.3. The average molecular weight is 278 g/mol. The van der Waals surface area contributed by atoms with E-state index in [1.165, 1.54) is 5.56 Å². The fourth-order valence-electron chi connectivity index (χ4n) is 2.25. The van der Waals surface area contributed by atoms with Crippen LogP contribution in [0.1, 0.15) is 38.2 Å². The predicted octanol–water partition coefficient (Wildman–Crippen LogP) is 1.73. The van der Waals surface area contributed by atoms with Crippen molar-refractivity contribution in [2.75, 3.05) is 6.61 Å². The number of benzene rings is 1. The lowest BCUT2D eigenvalue weighted by atomic mass is 10.0. The monoisotopic (exact) mass is 278 g/mol. The maximum atomic E-state index is 11.3. The Morgan fingerprint density at radius 2 is 2.10 bits per heavy atom. The molecule has 2 atom stereocenters. The van der Waals surface area contributed by atoms with Crippen molar-refractivity contribution in [3.8, 4) is 5.75 Å². The zero-order chi connectivity index (χ0) is 14.5. The summed E-state index contributed by atoms with van der Waals surface area (Å²) in [6.07, 6.45) is 0.991. The number of nitrogens with two attached hydrogens (primary N) is 1. The van der Waals surface area contributed by atoms with Crippen molar-refractivity contribution in [3.63, 3.8) is 0 Å². The largest absolute Gasteiger partial charge is 0.491 e. The van der Waals surface area contributed by atoms with E-state index in [0.717, 1.165) is 12.2 Å². The van der Waals surface area contributed by atoms with E-state index in [-0.39, 0.29) is 12.0 Å². The van der Waals surface area contributed by atoms with Gasteiger partial charge < -0.3 is 9.47 Å². The smallest absolute Gasteiger partial charge is 0.263 e. The van der Waals surface area contributed by atoms with Crippen molar-refractivity contribution in [1.82, 2.24) is 5.43 Å². The topological polar surface area (TPSA) is 73.6 Å². The molecule has 2 unspecified atom stereocenters. The molecule has 0 saturated carbocycles. The third-order valence-corrected chi connectivity index (χ3v) is 3.52. The number of amides is 1. The molecule has 1 aliphatic heterocycles. The SMILES string of the molecule is CC(C)c1ccc(OCC2CCC(C(=O)NN)O2)cc1. The van der Waals surface area contributed by atoms with E-state index in [4.69, 9.17) is 15.3 Å². The minimum Gasteiger partial charge on any atom is -0.491 e. The van der Waals surface area contributed by atoms with Gasteiger partial charge in [0.25, 0.3) is 5.91 Å². The summed E-state index contributed by atoms with van der Waals surface area (Å²) in [7, 11) is 0. The first-order chi connectivity index (χ1) is 9.60. The first-order valence-electron chi connectivity index (χ1n) is 6.99. The maximum absolute atomic E-state index is 11.3. The molecule has 0 radical (unpaired) electrons. The molecule has 2 rings (SSSR count). The Hall–Kier alpha value is -1.59. The van der Waals surface area contributed by atoms with Gasteiger partial charge in [0.2, 0.25) is 0 Å². The van der Waals surface area contributed by atoms with Crippen LogP contribution in [0.2, 0.25) is 0 Å². The van der Waals surface area contributed by atoms with Gasteiger partial charge >= 0.3 is 0 Å². The molecule has 1 aliphatic rings. The second-order valence-electron chi connectivity index (χ2n) is 5.37. The molecule has 1 fully saturated rings. The molecule has 5 heteroatoms. The average Bonchev–Trinajstić information content (AvgIpc) is 2.93. The first kappa shape index (κ1) is 14.8. The third-order valence-electron chi connectivity index (χ3n) is 3.52. The highest BCUT2D eigenvalue weighted by Crippen LogP contribution is 2.22. The van der Waals surface area contributed by atoms with Gasteiger partial charge in [-0.05, 0) is 36.5 Å². The minimum atomic E-state index is -0.447. The third kappa shape index (κ3) is 3.71. The van der Waals surface area contributed by atoms with Gasteiger partial charge in [-0.25, -0.2) is 5.84 Å². The molecule has 1 saturated heterocycles. The molecule has 1 amide bonds. The van der Waals surface area contributed by atoms with Crippen molar-refractivity contribution < 1.29 is 14.3 Å². The standard InChI is InChI=1S/C15H22N2O3/c1-10(2)11-3-5-12(6-4-11)19-9-13-7-8-14(20-13)15(18)17-16/h3-6,10,13-14H,7-9,16H2,1-2H3,(H,17,18). The number of hydrogen-bond acceptors (Lipinski definition) is 4. The van der Waals surface area contributed by atoms with Crippen LogP contribution in [0.5, 0.6) is 5.75 Å². The number of hydrogen-bond donors (Lipinski definition) is 2. The van der Waals surface area contributed by atoms with Gasteiger partial charge in [-0.2, -0.15) is 0 Å². The lowest BCUT2D eigenvalue weighted by Crippen LogP contribution is -2.39. The number of rotatable bonds is 5. The normalized spacial score (nSPS) is 22.0. The molecule has 1 heterocycles. The van der Waals surface area contributed by atoms with Crippen molar-refractivity contribution in [1.29, 1.82) is 0 Å². The second-order valence-corrected chi connectivity index (χ2v) is 5.37. The lowest BCUT2D eigenvalue weighted by Gasteiger charge is -2.14. The van der Waals surface area contributed by atoms with Gasteiger partial charge in [0.05, 0.1) is 6.10 Å². The maximum Gasteiger partial charge on any atom is 0.263 e. The summed E-state index contributed by atoms with van der Waals surface area (Å²) in [5, 5.41) is 0. The van der Waals surface area contributed by atoms with Crippen LogP contribution >= 0.6 is 0 Å². The van der Waals surface area contributed by atoms with E-state index < -0.39 is 6.10 Å². The molecular formula is C15H22N2O3. The Kier molecular flexibility index (Phi) is 4.98. The summed E-state index contributed by atoms with van der Waals surface area (Å²) in [5.74, 6) is 6.16. The molecule has 0 spiro atoms.